The summed E-state index contributed by atoms with van der Waals surface area (Å²) in [5.74, 6) is 0.868. The van der Waals surface area contributed by atoms with Gasteiger partial charge < -0.3 is 10.6 Å². The van der Waals surface area contributed by atoms with Gasteiger partial charge in [-0.1, -0.05) is 54.6 Å². The zero-order valence-electron chi connectivity index (χ0n) is 15.4. The Morgan fingerprint density at radius 3 is 2.50 bits per heavy atom. The van der Waals surface area contributed by atoms with Gasteiger partial charge in [0.2, 0.25) is 0 Å². The molecule has 0 aliphatic carbocycles. The molecule has 0 aromatic heterocycles. The number of rotatable bonds is 6. The zero-order valence-corrected chi connectivity index (χ0v) is 17.8. The lowest BCUT2D eigenvalue weighted by molar-refractivity contribution is 0.251. The average molecular weight is 464 g/mol. The second kappa shape index (κ2) is 11.2. The highest BCUT2D eigenvalue weighted by molar-refractivity contribution is 14.0. The number of hydrogen-bond donors (Lipinski definition) is 2. The third-order valence-corrected chi connectivity index (χ3v) is 4.68. The first-order valence-corrected chi connectivity index (χ1v) is 9.13. The molecular formula is C21H29IN4. The third-order valence-electron chi connectivity index (χ3n) is 4.68. The van der Waals surface area contributed by atoms with Crippen molar-refractivity contribution in [1.29, 1.82) is 0 Å². The van der Waals surface area contributed by atoms with Crippen LogP contribution in [-0.4, -0.2) is 37.5 Å². The lowest BCUT2D eigenvalue weighted by atomic mass is 10.00. The molecule has 0 amide bonds. The van der Waals surface area contributed by atoms with Crippen LogP contribution in [0, 0.1) is 0 Å². The Morgan fingerprint density at radius 1 is 1.00 bits per heavy atom. The van der Waals surface area contributed by atoms with Crippen molar-refractivity contribution in [2.45, 2.75) is 25.9 Å². The molecule has 4 nitrogen and oxygen atoms in total. The molecule has 5 heteroatoms. The summed E-state index contributed by atoms with van der Waals surface area (Å²) in [6.45, 7) is 5.10. The Bertz CT molecular complexity index is 687. The molecule has 2 aromatic carbocycles. The number of halogens is 1. The fraction of sp³-hybridized carbons (Fsp3) is 0.381. The Kier molecular flexibility index (Phi) is 8.91. The number of benzene rings is 2. The Labute approximate surface area is 174 Å². The molecule has 3 rings (SSSR count). The normalized spacial score (nSPS) is 14.3. The van der Waals surface area contributed by atoms with Gasteiger partial charge in [-0.05, 0) is 29.5 Å². The zero-order chi connectivity index (χ0) is 17.3. The molecule has 2 aromatic rings. The third kappa shape index (κ3) is 6.29. The van der Waals surface area contributed by atoms with Crippen LogP contribution in [0.15, 0.2) is 59.6 Å². The number of hydrogen-bond acceptors (Lipinski definition) is 2. The van der Waals surface area contributed by atoms with Crippen LogP contribution < -0.4 is 10.6 Å². The van der Waals surface area contributed by atoms with E-state index in [9.17, 15) is 0 Å². The lowest BCUT2D eigenvalue weighted by Crippen LogP contribution is -2.39. The molecule has 0 unspecified atom stereocenters. The van der Waals surface area contributed by atoms with Gasteiger partial charge in [-0.3, -0.25) is 9.89 Å². The van der Waals surface area contributed by atoms with E-state index in [2.05, 4.69) is 69.1 Å². The number of nitrogens with one attached hydrogen (secondary N) is 2. The largest absolute Gasteiger partial charge is 0.356 e. The molecule has 26 heavy (non-hydrogen) atoms. The summed E-state index contributed by atoms with van der Waals surface area (Å²) < 4.78 is 0. The molecule has 140 valence electrons. The van der Waals surface area contributed by atoms with Gasteiger partial charge in [-0.15, -0.1) is 24.0 Å². The highest BCUT2D eigenvalue weighted by Gasteiger charge is 2.14. The van der Waals surface area contributed by atoms with Crippen molar-refractivity contribution in [3.8, 4) is 0 Å². The summed E-state index contributed by atoms with van der Waals surface area (Å²) in [5.41, 5.74) is 4.27. The van der Waals surface area contributed by atoms with Crippen LogP contribution in [0.3, 0.4) is 0 Å². The van der Waals surface area contributed by atoms with Crippen molar-refractivity contribution in [2.24, 2.45) is 4.99 Å². The Hall–Kier alpha value is -1.60. The molecule has 0 spiro atoms. The van der Waals surface area contributed by atoms with Gasteiger partial charge in [0.1, 0.15) is 0 Å². The standard InChI is InChI=1S/C21H28N4.HI/c1-22-21(24-16-18-8-3-2-4-9-18)23-13-7-14-25-15-12-19-10-5-6-11-20(19)17-25;/h2-6,8-11H,7,12-17H2,1H3,(H2,22,23,24);1H. The molecule has 1 aliphatic rings. The number of aliphatic imine (C=N–C) groups is 1. The molecule has 0 atom stereocenters. The predicted molar refractivity (Wildman–Crippen MR) is 120 cm³/mol. The number of nitrogens with zero attached hydrogens (tertiary/aromatic N) is 2. The fourth-order valence-corrected chi connectivity index (χ4v) is 3.26. The van der Waals surface area contributed by atoms with Gasteiger partial charge in [0, 0.05) is 39.8 Å². The van der Waals surface area contributed by atoms with Gasteiger partial charge in [0.05, 0.1) is 0 Å². The SMILES string of the molecule is CN=C(NCCCN1CCc2ccccc2C1)NCc1ccccc1.I. The van der Waals surface area contributed by atoms with Crippen LogP contribution in [0.25, 0.3) is 0 Å². The molecule has 0 radical (unpaired) electrons. The van der Waals surface area contributed by atoms with E-state index >= 15 is 0 Å². The number of guanidine groups is 1. The second-order valence-electron chi connectivity index (χ2n) is 6.49. The maximum atomic E-state index is 4.30. The summed E-state index contributed by atoms with van der Waals surface area (Å²) in [5, 5.41) is 6.77. The Balaban J connectivity index is 0.00000243. The van der Waals surface area contributed by atoms with E-state index in [1.807, 2.05) is 13.1 Å². The van der Waals surface area contributed by atoms with E-state index in [1.165, 1.54) is 23.1 Å². The minimum atomic E-state index is 0. The van der Waals surface area contributed by atoms with Crippen molar-refractivity contribution < 1.29 is 0 Å². The number of fused-ring (bicyclic) bond motifs is 1. The van der Waals surface area contributed by atoms with E-state index < -0.39 is 0 Å². The van der Waals surface area contributed by atoms with Crippen molar-refractivity contribution in [1.82, 2.24) is 15.5 Å². The van der Waals surface area contributed by atoms with Crippen LogP contribution in [0.5, 0.6) is 0 Å². The van der Waals surface area contributed by atoms with Gasteiger partial charge in [-0.25, -0.2) is 0 Å². The van der Waals surface area contributed by atoms with Crippen LogP contribution in [0.2, 0.25) is 0 Å². The van der Waals surface area contributed by atoms with Crippen molar-refractivity contribution >= 4 is 29.9 Å². The molecule has 0 saturated heterocycles. The van der Waals surface area contributed by atoms with Gasteiger partial charge in [0.15, 0.2) is 5.96 Å². The van der Waals surface area contributed by atoms with Crippen molar-refractivity contribution in [2.75, 3.05) is 26.7 Å². The minimum Gasteiger partial charge on any atom is -0.356 e. The first-order valence-electron chi connectivity index (χ1n) is 9.13. The van der Waals surface area contributed by atoms with Gasteiger partial charge in [-0.2, -0.15) is 0 Å². The summed E-state index contributed by atoms with van der Waals surface area (Å²) in [7, 11) is 1.82. The van der Waals surface area contributed by atoms with Crippen LogP contribution in [0.4, 0.5) is 0 Å². The van der Waals surface area contributed by atoms with E-state index in [0.717, 1.165) is 45.1 Å². The minimum absolute atomic E-state index is 0. The molecular weight excluding hydrogens is 435 g/mol. The van der Waals surface area contributed by atoms with Crippen LogP contribution in [0.1, 0.15) is 23.1 Å². The first-order chi connectivity index (χ1) is 12.3. The van der Waals surface area contributed by atoms with Gasteiger partial charge >= 0.3 is 0 Å². The lowest BCUT2D eigenvalue weighted by Gasteiger charge is -2.28. The molecule has 0 fully saturated rings. The second-order valence-corrected chi connectivity index (χ2v) is 6.49. The molecule has 0 bridgehead atoms. The first kappa shape index (κ1) is 20.7. The summed E-state index contributed by atoms with van der Waals surface area (Å²) in [4.78, 5) is 6.84. The molecule has 2 N–H and O–H groups in total. The summed E-state index contributed by atoms with van der Waals surface area (Å²) in [6.07, 6.45) is 2.29. The highest BCUT2D eigenvalue weighted by Crippen LogP contribution is 2.18. The topological polar surface area (TPSA) is 39.7 Å². The maximum absolute atomic E-state index is 4.30. The van der Waals surface area contributed by atoms with E-state index in [0.29, 0.717) is 0 Å². The smallest absolute Gasteiger partial charge is 0.191 e. The maximum Gasteiger partial charge on any atom is 0.191 e. The predicted octanol–water partition coefficient (Wildman–Crippen LogP) is 3.42. The molecule has 1 aliphatic heterocycles. The highest BCUT2D eigenvalue weighted by atomic mass is 127. The molecule has 1 heterocycles. The van der Waals surface area contributed by atoms with Crippen LogP contribution >= 0.6 is 24.0 Å². The molecule has 0 saturated carbocycles. The van der Waals surface area contributed by atoms with E-state index in [1.54, 1.807) is 0 Å². The summed E-state index contributed by atoms with van der Waals surface area (Å²) >= 11 is 0. The van der Waals surface area contributed by atoms with E-state index in [4.69, 9.17) is 0 Å². The average Bonchev–Trinajstić information content (AvgIpc) is 2.68. The van der Waals surface area contributed by atoms with Crippen molar-refractivity contribution in [3.05, 3.63) is 71.3 Å². The quantitative estimate of drug-likeness (QED) is 0.298. The summed E-state index contributed by atoms with van der Waals surface area (Å²) in [6, 6.07) is 19.2. The van der Waals surface area contributed by atoms with Crippen LogP contribution in [-0.2, 0) is 19.5 Å². The Morgan fingerprint density at radius 2 is 1.73 bits per heavy atom. The fourth-order valence-electron chi connectivity index (χ4n) is 3.26. The monoisotopic (exact) mass is 464 g/mol. The van der Waals surface area contributed by atoms with Crippen molar-refractivity contribution in [3.63, 3.8) is 0 Å². The van der Waals surface area contributed by atoms with E-state index in [-0.39, 0.29) is 24.0 Å². The van der Waals surface area contributed by atoms with Gasteiger partial charge in [0.25, 0.3) is 0 Å².